The Balaban J connectivity index is 1.16. The Bertz CT molecular complexity index is 1360. The molecule has 1 fully saturated rings. The maximum Gasteiger partial charge on any atom is 0.261 e. The summed E-state index contributed by atoms with van der Waals surface area (Å²) in [4.78, 5) is 32.9. The molecule has 0 unspecified atom stereocenters. The van der Waals surface area contributed by atoms with Crippen molar-refractivity contribution >= 4 is 28.8 Å². The first kappa shape index (κ1) is 22.2. The Hall–Kier alpha value is -3.59. The van der Waals surface area contributed by atoms with E-state index in [2.05, 4.69) is 10.3 Å². The monoisotopic (exact) mass is 480 g/mol. The largest absolute Gasteiger partial charge is 0.347 e. The molecular weight excluding hydrogens is 458 g/mol. The van der Waals surface area contributed by atoms with Crippen molar-refractivity contribution < 1.29 is 18.4 Å². The van der Waals surface area contributed by atoms with Gasteiger partial charge < -0.3 is 14.6 Å². The van der Waals surface area contributed by atoms with Gasteiger partial charge in [0, 0.05) is 49.2 Å². The average Bonchev–Trinajstić information content (AvgIpc) is 3.52. The van der Waals surface area contributed by atoms with Gasteiger partial charge in [0.2, 0.25) is 0 Å². The molecule has 0 radical (unpaired) electrons. The zero-order chi connectivity index (χ0) is 23.7. The van der Waals surface area contributed by atoms with Gasteiger partial charge in [-0.1, -0.05) is 0 Å². The van der Waals surface area contributed by atoms with Gasteiger partial charge in [-0.3, -0.25) is 9.59 Å². The van der Waals surface area contributed by atoms with Crippen molar-refractivity contribution in [2.24, 2.45) is 0 Å². The summed E-state index contributed by atoms with van der Waals surface area (Å²) in [5, 5.41) is 2.96. The minimum Gasteiger partial charge on any atom is -0.347 e. The van der Waals surface area contributed by atoms with Crippen molar-refractivity contribution in [3.63, 3.8) is 0 Å². The molecule has 4 aromatic rings. The number of halogens is 2. The van der Waals surface area contributed by atoms with Crippen LogP contribution in [0.1, 0.15) is 49.2 Å². The second-order valence-corrected chi connectivity index (χ2v) is 9.42. The van der Waals surface area contributed by atoms with Crippen LogP contribution < -0.4 is 5.32 Å². The second-order valence-electron chi connectivity index (χ2n) is 8.30. The Kier molecular flexibility index (Phi) is 6.10. The van der Waals surface area contributed by atoms with Crippen molar-refractivity contribution in [2.75, 3.05) is 13.1 Å². The molecule has 1 N–H and O–H groups in total. The van der Waals surface area contributed by atoms with Gasteiger partial charge in [0.15, 0.2) is 0 Å². The van der Waals surface area contributed by atoms with Gasteiger partial charge >= 0.3 is 0 Å². The number of nitrogens with zero attached hydrogens (tertiary/aromatic N) is 3. The van der Waals surface area contributed by atoms with E-state index < -0.39 is 17.5 Å². The van der Waals surface area contributed by atoms with Crippen LogP contribution in [0.15, 0.2) is 61.1 Å². The highest BCUT2D eigenvalue weighted by atomic mass is 32.1. The standard InChI is InChI=1S/C25H22F2N4O2S/c26-18-1-2-19(20(27)14-18)25(33)31-10-6-17(7-11-31)21-3-4-22(34-21)24(32)29-15-16-5-9-30-12-8-28-23(30)13-16/h1-5,8-9,12-14,17H,6-7,10-11,15H2,(H,29,32). The van der Waals surface area contributed by atoms with E-state index in [0.717, 1.165) is 41.1 Å². The molecule has 0 bridgehead atoms. The van der Waals surface area contributed by atoms with Crippen molar-refractivity contribution in [3.8, 4) is 0 Å². The van der Waals surface area contributed by atoms with Crippen molar-refractivity contribution in [1.29, 1.82) is 0 Å². The fourth-order valence-corrected chi connectivity index (χ4v) is 5.32. The smallest absolute Gasteiger partial charge is 0.261 e. The number of likely N-dealkylation sites (tertiary alicyclic amines) is 1. The number of aromatic nitrogens is 2. The zero-order valence-electron chi connectivity index (χ0n) is 18.2. The molecule has 1 aliphatic rings. The molecule has 3 aromatic heterocycles. The fraction of sp³-hybridized carbons (Fsp3) is 0.240. The van der Waals surface area contributed by atoms with Gasteiger partial charge in [0.1, 0.15) is 17.3 Å². The topological polar surface area (TPSA) is 66.7 Å². The summed E-state index contributed by atoms with van der Waals surface area (Å²) in [6.07, 6.45) is 6.95. The van der Waals surface area contributed by atoms with E-state index in [-0.39, 0.29) is 17.4 Å². The predicted octanol–water partition coefficient (Wildman–Crippen LogP) is 4.62. The van der Waals surface area contributed by atoms with Crippen LogP contribution in [0.2, 0.25) is 0 Å². The van der Waals surface area contributed by atoms with Crippen LogP contribution in [-0.4, -0.2) is 39.2 Å². The molecule has 5 rings (SSSR count). The molecule has 1 aromatic carbocycles. The molecule has 0 spiro atoms. The van der Waals surface area contributed by atoms with Crippen molar-refractivity contribution in [3.05, 3.63) is 93.6 Å². The van der Waals surface area contributed by atoms with Crippen LogP contribution in [-0.2, 0) is 6.54 Å². The third kappa shape index (κ3) is 4.56. The number of piperidine rings is 1. The SMILES string of the molecule is O=C(NCc1ccn2ccnc2c1)c1ccc(C2CCN(C(=O)c3ccc(F)cc3F)CC2)s1. The molecule has 174 valence electrons. The number of carbonyl (C=O) groups is 2. The van der Waals surface area contributed by atoms with E-state index in [1.54, 1.807) is 11.1 Å². The fourth-order valence-electron chi connectivity index (χ4n) is 4.23. The number of amides is 2. The third-order valence-corrected chi connectivity index (χ3v) is 7.36. The number of pyridine rings is 1. The van der Waals surface area contributed by atoms with Crippen LogP contribution in [0, 0.1) is 11.6 Å². The highest BCUT2D eigenvalue weighted by Gasteiger charge is 2.27. The van der Waals surface area contributed by atoms with Crippen LogP contribution in [0.5, 0.6) is 0 Å². The van der Waals surface area contributed by atoms with E-state index in [4.69, 9.17) is 0 Å². The number of benzene rings is 1. The van der Waals surface area contributed by atoms with Gasteiger partial charge in [-0.25, -0.2) is 13.8 Å². The van der Waals surface area contributed by atoms with E-state index in [1.165, 1.54) is 17.4 Å². The molecule has 9 heteroatoms. The average molecular weight is 481 g/mol. The lowest BCUT2D eigenvalue weighted by molar-refractivity contribution is 0.0708. The number of hydrogen-bond acceptors (Lipinski definition) is 4. The highest BCUT2D eigenvalue weighted by Crippen LogP contribution is 2.33. The van der Waals surface area contributed by atoms with Crippen LogP contribution >= 0.6 is 11.3 Å². The maximum atomic E-state index is 14.0. The normalized spacial score (nSPS) is 14.5. The number of nitrogens with one attached hydrogen (secondary N) is 1. The van der Waals surface area contributed by atoms with Gasteiger partial charge in [-0.05, 0) is 60.7 Å². The molecule has 6 nitrogen and oxygen atoms in total. The summed E-state index contributed by atoms with van der Waals surface area (Å²) in [6, 6.07) is 10.7. The quantitative estimate of drug-likeness (QED) is 0.453. The van der Waals surface area contributed by atoms with Crippen LogP contribution in [0.4, 0.5) is 8.78 Å². The van der Waals surface area contributed by atoms with Crippen LogP contribution in [0.3, 0.4) is 0 Å². The predicted molar refractivity (Wildman–Crippen MR) is 125 cm³/mol. The first-order valence-corrected chi connectivity index (χ1v) is 11.8. The van der Waals surface area contributed by atoms with Gasteiger partial charge in [-0.2, -0.15) is 0 Å². The van der Waals surface area contributed by atoms with E-state index in [9.17, 15) is 18.4 Å². The van der Waals surface area contributed by atoms with E-state index >= 15 is 0 Å². The van der Waals surface area contributed by atoms with Crippen molar-refractivity contribution in [1.82, 2.24) is 19.6 Å². The number of fused-ring (bicyclic) bond motifs is 1. The number of hydrogen-bond donors (Lipinski definition) is 1. The summed E-state index contributed by atoms with van der Waals surface area (Å²) in [6.45, 7) is 1.38. The molecule has 1 saturated heterocycles. The Morgan fingerprint density at radius 2 is 1.88 bits per heavy atom. The molecule has 0 saturated carbocycles. The zero-order valence-corrected chi connectivity index (χ0v) is 19.0. The summed E-state index contributed by atoms with van der Waals surface area (Å²) in [5.41, 5.74) is 1.69. The minimum atomic E-state index is -0.842. The summed E-state index contributed by atoms with van der Waals surface area (Å²) >= 11 is 1.46. The Labute approximate surface area is 198 Å². The third-order valence-electron chi connectivity index (χ3n) is 6.11. The summed E-state index contributed by atoms with van der Waals surface area (Å²) in [5.74, 6) is -1.86. The first-order chi connectivity index (χ1) is 16.5. The molecule has 4 heterocycles. The number of thiophene rings is 1. The maximum absolute atomic E-state index is 14.0. The first-order valence-electron chi connectivity index (χ1n) is 11.0. The second kappa shape index (κ2) is 9.34. The lowest BCUT2D eigenvalue weighted by Crippen LogP contribution is -2.38. The Morgan fingerprint density at radius 3 is 2.68 bits per heavy atom. The summed E-state index contributed by atoms with van der Waals surface area (Å²) < 4.78 is 29.0. The minimum absolute atomic E-state index is 0.109. The van der Waals surface area contributed by atoms with Crippen molar-refractivity contribution in [2.45, 2.75) is 25.3 Å². The Morgan fingerprint density at radius 1 is 1.06 bits per heavy atom. The highest BCUT2D eigenvalue weighted by molar-refractivity contribution is 7.14. The number of rotatable bonds is 5. The molecule has 0 aliphatic carbocycles. The number of imidazole rings is 1. The molecule has 34 heavy (non-hydrogen) atoms. The lowest BCUT2D eigenvalue weighted by atomic mass is 9.95. The van der Waals surface area contributed by atoms with Gasteiger partial charge in [-0.15, -0.1) is 11.3 Å². The lowest BCUT2D eigenvalue weighted by Gasteiger charge is -2.31. The van der Waals surface area contributed by atoms with E-state index in [1.807, 2.05) is 41.1 Å². The van der Waals surface area contributed by atoms with Crippen LogP contribution in [0.25, 0.3) is 5.65 Å². The van der Waals surface area contributed by atoms with Gasteiger partial charge in [0.05, 0.1) is 10.4 Å². The molecule has 1 aliphatic heterocycles. The molecule has 0 atom stereocenters. The summed E-state index contributed by atoms with van der Waals surface area (Å²) in [7, 11) is 0. The van der Waals surface area contributed by atoms with E-state index in [0.29, 0.717) is 24.5 Å². The number of carbonyl (C=O) groups excluding carboxylic acids is 2. The molecule has 2 amide bonds. The molecular formula is C25H22F2N4O2S. The van der Waals surface area contributed by atoms with Gasteiger partial charge in [0.25, 0.3) is 11.8 Å².